The number of hydrogen-bond acceptors (Lipinski definition) is 4. The van der Waals surface area contributed by atoms with Gasteiger partial charge < -0.3 is 4.42 Å². The monoisotopic (exact) mass is 780 g/mol. The number of aromatic nitrogens is 4. The molecule has 12 aromatic rings. The second-order valence-corrected chi connectivity index (χ2v) is 16.8. The van der Waals surface area contributed by atoms with Crippen molar-refractivity contribution in [2.45, 2.75) is 19.3 Å². The predicted octanol–water partition coefficient (Wildman–Crippen LogP) is 14.5. The Morgan fingerprint density at radius 3 is 1.95 bits per heavy atom. The van der Waals surface area contributed by atoms with Crippen LogP contribution in [0.3, 0.4) is 0 Å². The molecule has 0 spiro atoms. The van der Waals surface area contributed by atoms with E-state index in [-0.39, 0.29) is 5.41 Å². The SMILES string of the molecule is CC1(C)c2cc(-c3cccc4c5ccccc5n(-c5nc(-c6ccc7ccccc7c6)nc(-c6ccc7c(c6)oc6ccccc67)n5)c34)ccc2-c2c1ccc1ccccc21. The Kier molecular flexibility index (Phi) is 7.00. The first-order chi connectivity index (χ1) is 30.0. The van der Waals surface area contributed by atoms with E-state index >= 15 is 0 Å². The van der Waals surface area contributed by atoms with Crippen molar-refractivity contribution in [2.75, 3.05) is 0 Å². The van der Waals surface area contributed by atoms with Crippen LogP contribution in [-0.4, -0.2) is 19.5 Å². The molecule has 0 saturated heterocycles. The van der Waals surface area contributed by atoms with E-state index in [0.29, 0.717) is 17.6 Å². The van der Waals surface area contributed by atoms with Crippen molar-refractivity contribution in [3.8, 4) is 51.0 Å². The molecule has 1 aliphatic rings. The van der Waals surface area contributed by atoms with E-state index in [1.807, 2.05) is 18.2 Å². The van der Waals surface area contributed by atoms with Gasteiger partial charge in [-0.15, -0.1) is 0 Å². The highest BCUT2D eigenvalue weighted by Crippen LogP contribution is 2.52. The molecule has 5 heteroatoms. The molecule has 0 unspecified atom stereocenters. The minimum atomic E-state index is -0.176. The van der Waals surface area contributed by atoms with E-state index in [4.69, 9.17) is 19.4 Å². The fraction of sp³-hybridized carbons (Fsp3) is 0.0536. The average molecular weight is 781 g/mol. The maximum Gasteiger partial charge on any atom is 0.238 e. The minimum absolute atomic E-state index is 0.176. The average Bonchev–Trinajstić information content (AvgIpc) is 3.93. The first kappa shape index (κ1) is 34.0. The third-order valence-electron chi connectivity index (χ3n) is 13.0. The second-order valence-electron chi connectivity index (χ2n) is 16.8. The summed E-state index contributed by atoms with van der Waals surface area (Å²) in [5.41, 5.74) is 12.9. The molecule has 0 aliphatic heterocycles. The zero-order valence-corrected chi connectivity index (χ0v) is 33.5. The second kappa shape index (κ2) is 12.6. The minimum Gasteiger partial charge on any atom is -0.456 e. The molecular weight excluding hydrogens is 745 g/mol. The van der Waals surface area contributed by atoms with E-state index < -0.39 is 0 Å². The third kappa shape index (κ3) is 4.98. The molecule has 0 bridgehead atoms. The first-order valence-corrected chi connectivity index (χ1v) is 20.8. The Balaban J connectivity index is 1.06. The number of fused-ring (bicyclic) bond motifs is 12. The molecule has 3 heterocycles. The molecule has 5 nitrogen and oxygen atoms in total. The van der Waals surface area contributed by atoms with Crippen LogP contribution in [-0.2, 0) is 5.41 Å². The lowest BCUT2D eigenvalue weighted by Crippen LogP contribution is -2.15. The highest BCUT2D eigenvalue weighted by atomic mass is 16.3. The summed E-state index contributed by atoms with van der Waals surface area (Å²) in [5, 5.41) is 9.27. The Morgan fingerprint density at radius 1 is 0.426 bits per heavy atom. The van der Waals surface area contributed by atoms with Crippen LogP contribution in [0.4, 0.5) is 0 Å². The third-order valence-corrected chi connectivity index (χ3v) is 13.0. The molecular formula is C56H36N4O. The van der Waals surface area contributed by atoms with Gasteiger partial charge in [0.2, 0.25) is 5.95 Å². The van der Waals surface area contributed by atoms with Gasteiger partial charge in [0.05, 0.1) is 11.0 Å². The molecule has 286 valence electrons. The smallest absolute Gasteiger partial charge is 0.238 e. The van der Waals surface area contributed by atoms with Crippen molar-refractivity contribution in [2.24, 2.45) is 0 Å². The molecule has 0 N–H and O–H groups in total. The van der Waals surface area contributed by atoms with Crippen LogP contribution in [0, 0.1) is 0 Å². The summed E-state index contributed by atoms with van der Waals surface area (Å²) in [5.74, 6) is 1.73. The van der Waals surface area contributed by atoms with Gasteiger partial charge in [-0.25, -0.2) is 4.98 Å². The molecule has 13 rings (SSSR count). The first-order valence-electron chi connectivity index (χ1n) is 20.8. The molecule has 61 heavy (non-hydrogen) atoms. The van der Waals surface area contributed by atoms with Crippen LogP contribution in [0.15, 0.2) is 186 Å². The normalized spacial score (nSPS) is 13.2. The lowest BCUT2D eigenvalue weighted by molar-refractivity contribution is 0.661. The van der Waals surface area contributed by atoms with Crippen molar-refractivity contribution in [1.82, 2.24) is 19.5 Å². The molecule has 1 aliphatic carbocycles. The summed E-state index contributed by atoms with van der Waals surface area (Å²) in [4.78, 5) is 15.9. The lowest BCUT2D eigenvalue weighted by atomic mass is 9.81. The fourth-order valence-corrected chi connectivity index (χ4v) is 10.1. The topological polar surface area (TPSA) is 56.7 Å². The van der Waals surface area contributed by atoms with Crippen LogP contribution >= 0.6 is 0 Å². The van der Waals surface area contributed by atoms with Crippen molar-refractivity contribution >= 4 is 65.3 Å². The van der Waals surface area contributed by atoms with Crippen LogP contribution in [0.25, 0.3) is 116 Å². The van der Waals surface area contributed by atoms with Gasteiger partial charge in [0, 0.05) is 43.7 Å². The number of rotatable bonds is 4. The molecule has 0 fully saturated rings. The lowest BCUT2D eigenvalue weighted by Gasteiger charge is -2.22. The number of nitrogens with zero attached hydrogens (tertiary/aromatic N) is 4. The van der Waals surface area contributed by atoms with Crippen LogP contribution in [0.2, 0.25) is 0 Å². The van der Waals surface area contributed by atoms with Gasteiger partial charge in [-0.2, -0.15) is 9.97 Å². The Morgan fingerprint density at radius 2 is 1.08 bits per heavy atom. The summed E-state index contributed by atoms with van der Waals surface area (Å²) in [6, 6.07) is 64.9. The van der Waals surface area contributed by atoms with E-state index in [2.05, 4.69) is 182 Å². The zero-order chi connectivity index (χ0) is 40.4. The van der Waals surface area contributed by atoms with Gasteiger partial charge in [-0.1, -0.05) is 159 Å². The van der Waals surface area contributed by atoms with Gasteiger partial charge in [-0.3, -0.25) is 4.57 Å². The van der Waals surface area contributed by atoms with Gasteiger partial charge in [0.25, 0.3) is 0 Å². The largest absolute Gasteiger partial charge is 0.456 e. The van der Waals surface area contributed by atoms with Gasteiger partial charge >= 0.3 is 0 Å². The molecule has 0 amide bonds. The van der Waals surface area contributed by atoms with Crippen molar-refractivity contribution < 1.29 is 4.42 Å². The highest BCUT2D eigenvalue weighted by molar-refractivity contribution is 6.14. The van der Waals surface area contributed by atoms with Crippen LogP contribution in [0.1, 0.15) is 25.0 Å². The van der Waals surface area contributed by atoms with Crippen molar-refractivity contribution in [3.63, 3.8) is 0 Å². The summed E-state index contributed by atoms with van der Waals surface area (Å²) < 4.78 is 8.62. The van der Waals surface area contributed by atoms with Crippen LogP contribution < -0.4 is 0 Å². The standard InChI is InChI=1S/C56H36N4O/c1-56(2)46-29-26-34-13-5-6-15-39(34)51(46)45-28-24-36(31-47(45)56)40-18-11-19-44-41-16-7-9-20-48(41)60(52(40)44)55-58-53(37-23-22-33-12-3-4-14-35(33)30-37)57-54(59-55)38-25-27-43-42-17-8-10-21-49(42)61-50(43)32-38/h3-32H,1-2H3. The van der Waals surface area contributed by atoms with Crippen molar-refractivity contribution in [1.29, 1.82) is 0 Å². The maximum absolute atomic E-state index is 6.37. The van der Waals surface area contributed by atoms with E-state index in [1.54, 1.807) is 0 Å². The molecule has 9 aromatic carbocycles. The summed E-state index contributed by atoms with van der Waals surface area (Å²) in [7, 11) is 0. The molecule has 0 radical (unpaired) electrons. The number of benzene rings is 9. The molecule has 0 saturated carbocycles. The number of hydrogen-bond donors (Lipinski definition) is 0. The molecule has 0 atom stereocenters. The van der Waals surface area contributed by atoms with E-state index in [0.717, 1.165) is 76.8 Å². The summed E-state index contributed by atoms with van der Waals surface area (Å²) in [6.07, 6.45) is 0. The fourth-order valence-electron chi connectivity index (χ4n) is 10.1. The van der Waals surface area contributed by atoms with Gasteiger partial charge in [0.1, 0.15) is 11.2 Å². The zero-order valence-electron chi connectivity index (χ0n) is 33.5. The Labute approximate surface area is 351 Å². The highest BCUT2D eigenvalue weighted by Gasteiger charge is 2.37. The van der Waals surface area contributed by atoms with Crippen LogP contribution in [0.5, 0.6) is 0 Å². The quantitative estimate of drug-likeness (QED) is 0.178. The summed E-state index contributed by atoms with van der Waals surface area (Å²) >= 11 is 0. The number of furan rings is 1. The Hall–Kier alpha value is -7.89. The number of para-hydroxylation sites is 3. The molecule has 3 aromatic heterocycles. The summed E-state index contributed by atoms with van der Waals surface area (Å²) in [6.45, 7) is 4.72. The maximum atomic E-state index is 6.37. The van der Waals surface area contributed by atoms with Crippen molar-refractivity contribution in [3.05, 3.63) is 193 Å². The predicted molar refractivity (Wildman–Crippen MR) is 250 cm³/mol. The van der Waals surface area contributed by atoms with E-state index in [9.17, 15) is 0 Å². The Bertz CT molecular complexity index is 3810. The van der Waals surface area contributed by atoms with Gasteiger partial charge in [-0.05, 0) is 85.8 Å². The van der Waals surface area contributed by atoms with E-state index in [1.165, 1.54) is 33.0 Å². The van der Waals surface area contributed by atoms with Gasteiger partial charge in [0.15, 0.2) is 11.6 Å².